The number of hydrogen-bond acceptors (Lipinski definition) is 4. The van der Waals surface area contributed by atoms with Crippen molar-refractivity contribution in [3.8, 4) is 0 Å². The normalized spacial score (nSPS) is 14.2. The van der Waals surface area contributed by atoms with Gasteiger partial charge in [0.1, 0.15) is 0 Å². The lowest BCUT2D eigenvalue weighted by atomic mass is 10.1. The molecule has 0 atom stereocenters. The summed E-state index contributed by atoms with van der Waals surface area (Å²) in [7, 11) is 0. The zero-order valence-electron chi connectivity index (χ0n) is 15.2. The Morgan fingerprint density at radius 2 is 1.92 bits per heavy atom. The molecule has 1 aromatic heterocycles. The molecule has 1 aromatic carbocycles. The van der Waals surface area contributed by atoms with E-state index >= 15 is 0 Å². The topological polar surface area (TPSA) is 70.2 Å². The summed E-state index contributed by atoms with van der Waals surface area (Å²) in [6.45, 7) is 6.21. The highest BCUT2D eigenvalue weighted by atomic mass is 35.5. The Morgan fingerprint density at radius 3 is 2.65 bits per heavy atom. The number of halogens is 1. The van der Waals surface area contributed by atoms with Crippen LogP contribution in [0.15, 0.2) is 24.3 Å². The van der Waals surface area contributed by atoms with Crippen LogP contribution in [0.4, 0.5) is 16.4 Å². The Hall–Kier alpha value is -2.34. The van der Waals surface area contributed by atoms with E-state index in [2.05, 4.69) is 25.5 Å². The minimum absolute atomic E-state index is 0.313. The first kappa shape index (κ1) is 18.5. The fourth-order valence-corrected chi connectivity index (χ4v) is 3.28. The fourth-order valence-electron chi connectivity index (χ4n) is 3.00. The summed E-state index contributed by atoms with van der Waals surface area (Å²) >= 11 is 6.15. The molecule has 6 nitrogen and oxygen atoms in total. The first-order chi connectivity index (χ1) is 12.5. The molecule has 0 bridgehead atoms. The second kappa shape index (κ2) is 8.36. The Morgan fingerprint density at radius 1 is 1.15 bits per heavy atom. The van der Waals surface area contributed by atoms with Gasteiger partial charge in [0.05, 0.1) is 22.9 Å². The number of hydrogen-bond donors (Lipinski definition) is 2. The van der Waals surface area contributed by atoms with Crippen LogP contribution in [0.5, 0.6) is 0 Å². The molecule has 1 fully saturated rings. The van der Waals surface area contributed by atoms with Crippen LogP contribution in [0.2, 0.25) is 5.02 Å². The maximum absolute atomic E-state index is 12.2. The fraction of sp³-hybridized carbons (Fsp3) is 0.421. The molecular weight excluding hydrogens is 350 g/mol. The minimum Gasteiger partial charge on any atom is -0.341 e. The third kappa shape index (κ3) is 4.85. The number of piperidine rings is 1. The lowest BCUT2D eigenvalue weighted by molar-refractivity contribution is 0.251. The molecule has 3 rings (SSSR count). The molecule has 2 amide bonds. The van der Waals surface area contributed by atoms with E-state index in [-0.39, 0.29) is 6.03 Å². The number of urea groups is 1. The first-order valence-corrected chi connectivity index (χ1v) is 9.29. The van der Waals surface area contributed by atoms with Crippen molar-refractivity contribution >= 4 is 29.3 Å². The second-order valence-corrected chi connectivity index (χ2v) is 7.05. The van der Waals surface area contributed by atoms with Gasteiger partial charge in [-0.15, -0.1) is 0 Å². The van der Waals surface area contributed by atoms with Gasteiger partial charge in [0.2, 0.25) is 5.95 Å². The first-order valence-electron chi connectivity index (χ1n) is 8.92. The third-order valence-electron chi connectivity index (χ3n) is 4.34. The molecule has 1 aliphatic rings. The highest BCUT2D eigenvalue weighted by molar-refractivity contribution is 6.33. The molecule has 0 spiro atoms. The number of amides is 2. The highest BCUT2D eigenvalue weighted by Gasteiger charge is 2.15. The number of aromatic nitrogens is 2. The number of carbonyl (C=O) groups excluding carboxylic acids is 1. The van der Waals surface area contributed by atoms with Gasteiger partial charge in [-0.25, -0.2) is 14.8 Å². The Labute approximate surface area is 159 Å². The third-order valence-corrected chi connectivity index (χ3v) is 4.65. The van der Waals surface area contributed by atoms with Crippen LogP contribution in [0.25, 0.3) is 0 Å². The van der Waals surface area contributed by atoms with Crippen molar-refractivity contribution in [3.05, 3.63) is 46.2 Å². The minimum atomic E-state index is -0.313. The van der Waals surface area contributed by atoms with E-state index in [0.29, 0.717) is 17.3 Å². The molecule has 2 aromatic rings. The predicted octanol–water partition coefficient (Wildman–Crippen LogP) is 4.06. The smallest absolute Gasteiger partial charge is 0.319 e. The van der Waals surface area contributed by atoms with Crippen molar-refractivity contribution in [2.45, 2.75) is 39.7 Å². The van der Waals surface area contributed by atoms with Crippen LogP contribution in [0, 0.1) is 13.8 Å². The molecular formula is C19H24ClN5O. The summed E-state index contributed by atoms with van der Waals surface area (Å²) < 4.78 is 0. The maximum atomic E-state index is 12.2. The van der Waals surface area contributed by atoms with Gasteiger partial charge >= 0.3 is 6.03 Å². The lowest BCUT2D eigenvalue weighted by Gasteiger charge is -2.27. The van der Waals surface area contributed by atoms with Gasteiger partial charge in [0.15, 0.2) is 0 Å². The van der Waals surface area contributed by atoms with E-state index in [0.717, 1.165) is 36.0 Å². The molecule has 26 heavy (non-hydrogen) atoms. The number of aryl methyl sites for hydroxylation is 2. The average molecular weight is 374 g/mol. The zero-order chi connectivity index (χ0) is 18.5. The van der Waals surface area contributed by atoms with Crippen LogP contribution in [-0.2, 0) is 6.54 Å². The summed E-state index contributed by atoms with van der Waals surface area (Å²) in [5.41, 5.74) is 3.33. The van der Waals surface area contributed by atoms with E-state index < -0.39 is 0 Å². The number of nitrogens with one attached hydrogen (secondary N) is 2. The molecule has 138 valence electrons. The van der Waals surface area contributed by atoms with Crippen molar-refractivity contribution in [2.75, 3.05) is 23.3 Å². The monoisotopic (exact) mass is 373 g/mol. The number of rotatable bonds is 4. The molecule has 0 saturated carbocycles. The SMILES string of the molecule is Cc1ccc(NC(=O)NCc2cc(C)nc(N3CCCCC3)n2)c(Cl)c1. The summed E-state index contributed by atoms with van der Waals surface area (Å²) in [6.07, 6.45) is 3.60. The van der Waals surface area contributed by atoms with E-state index in [1.807, 2.05) is 32.0 Å². The van der Waals surface area contributed by atoms with Gasteiger partial charge in [0, 0.05) is 18.8 Å². The molecule has 1 saturated heterocycles. The molecule has 0 radical (unpaired) electrons. The summed E-state index contributed by atoms with van der Waals surface area (Å²) in [6, 6.07) is 7.09. The van der Waals surface area contributed by atoms with Crippen LogP contribution in [-0.4, -0.2) is 29.1 Å². The number of nitrogens with zero attached hydrogens (tertiary/aromatic N) is 3. The Kier molecular flexibility index (Phi) is 5.93. The zero-order valence-corrected chi connectivity index (χ0v) is 15.9. The van der Waals surface area contributed by atoms with Gasteiger partial charge in [-0.05, 0) is 56.9 Å². The molecule has 2 heterocycles. The highest BCUT2D eigenvalue weighted by Crippen LogP contribution is 2.22. The van der Waals surface area contributed by atoms with Crippen LogP contribution in [0.1, 0.15) is 36.2 Å². The lowest BCUT2D eigenvalue weighted by Crippen LogP contribution is -2.32. The van der Waals surface area contributed by atoms with E-state index in [9.17, 15) is 4.79 Å². The van der Waals surface area contributed by atoms with Gasteiger partial charge in [-0.1, -0.05) is 17.7 Å². The van der Waals surface area contributed by atoms with Crippen molar-refractivity contribution in [1.29, 1.82) is 0 Å². The number of anilines is 2. The molecule has 0 unspecified atom stereocenters. The van der Waals surface area contributed by atoms with Crippen LogP contribution >= 0.6 is 11.6 Å². The maximum Gasteiger partial charge on any atom is 0.319 e. The number of benzene rings is 1. The van der Waals surface area contributed by atoms with E-state index in [1.54, 1.807) is 6.07 Å². The summed E-state index contributed by atoms with van der Waals surface area (Å²) in [4.78, 5) is 23.5. The van der Waals surface area contributed by atoms with Gasteiger partial charge < -0.3 is 15.5 Å². The molecule has 7 heteroatoms. The second-order valence-electron chi connectivity index (χ2n) is 6.64. The van der Waals surface area contributed by atoms with Crippen LogP contribution in [0.3, 0.4) is 0 Å². The number of carbonyl (C=O) groups is 1. The van der Waals surface area contributed by atoms with Crippen LogP contribution < -0.4 is 15.5 Å². The predicted molar refractivity (Wildman–Crippen MR) is 105 cm³/mol. The van der Waals surface area contributed by atoms with E-state index in [1.165, 1.54) is 19.3 Å². The summed E-state index contributed by atoms with van der Waals surface area (Å²) in [5.74, 6) is 0.753. The quantitative estimate of drug-likeness (QED) is 0.847. The molecule has 2 N–H and O–H groups in total. The standard InChI is InChI=1S/C19H24ClN5O/c1-13-6-7-17(16(20)10-13)24-19(26)21-12-15-11-14(2)22-18(23-15)25-8-4-3-5-9-25/h6-7,10-11H,3-5,8-9,12H2,1-2H3,(H2,21,24,26). The average Bonchev–Trinajstić information content (AvgIpc) is 2.63. The van der Waals surface area contributed by atoms with Gasteiger partial charge in [-0.3, -0.25) is 0 Å². The van der Waals surface area contributed by atoms with E-state index in [4.69, 9.17) is 11.6 Å². The molecule has 0 aliphatic carbocycles. The summed E-state index contributed by atoms with van der Waals surface area (Å²) in [5, 5.41) is 6.11. The molecule has 1 aliphatic heterocycles. The van der Waals surface area contributed by atoms with Crippen molar-refractivity contribution in [2.24, 2.45) is 0 Å². The van der Waals surface area contributed by atoms with Crippen molar-refractivity contribution in [1.82, 2.24) is 15.3 Å². The van der Waals surface area contributed by atoms with Crippen molar-refractivity contribution in [3.63, 3.8) is 0 Å². The Balaban J connectivity index is 1.61. The Bertz CT molecular complexity index is 789. The van der Waals surface area contributed by atoms with Gasteiger partial charge in [-0.2, -0.15) is 0 Å². The largest absolute Gasteiger partial charge is 0.341 e. The van der Waals surface area contributed by atoms with Gasteiger partial charge in [0.25, 0.3) is 0 Å². The van der Waals surface area contributed by atoms with Crippen molar-refractivity contribution < 1.29 is 4.79 Å².